The maximum absolute atomic E-state index is 9.42. The summed E-state index contributed by atoms with van der Waals surface area (Å²) >= 11 is 0. The molecule has 0 aromatic heterocycles. The van der Waals surface area contributed by atoms with Gasteiger partial charge in [-0.1, -0.05) is 91.0 Å². The summed E-state index contributed by atoms with van der Waals surface area (Å²) in [5.41, 5.74) is 6.51. The molecule has 0 atom stereocenters. The van der Waals surface area contributed by atoms with Crippen LogP contribution in [-0.4, -0.2) is 0 Å². The van der Waals surface area contributed by atoms with Gasteiger partial charge in [-0.05, 0) is 62.4 Å². The van der Waals surface area contributed by atoms with E-state index in [1.807, 2.05) is 24.3 Å². The van der Waals surface area contributed by atoms with E-state index >= 15 is 0 Å². The van der Waals surface area contributed by atoms with Crippen LogP contribution >= 0.6 is 0 Å². The number of hydrogen-bond acceptors (Lipinski definition) is 1. The van der Waals surface area contributed by atoms with Crippen LogP contribution in [0.3, 0.4) is 0 Å². The Labute approximate surface area is 170 Å². The molecule has 0 saturated carbocycles. The standard InChI is InChI=1S/C28H19N/c1-19-23-9-4-5-11-25(23)26-12-6-7-13-27(26)28(19)21-16-14-20(15-17-21)24-10-3-2-8-22(24)18-29/h2-17H,1H3. The summed E-state index contributed by atoms with van der Waals surface area (Å²) in [6, 6.07) is 35.9. The van der Waals surface area contributed by atoms with Crippen LogP contribution in [0.2, 0.25) is 0 Å². The van der Waals surface area contributed by atoms with Crippen molar-refractivity contribution in [2.75, 3.05) is 0 Å². The number of benzene rings is 5. The SMILES string of the molecule is Cc1c(-c2ccc(-c3ccccc3C#N)cc2)c2ccccc2c2ccccc12. The fourth-order valence-corrected chi connectivity index (χ4v) is 4.34. The van der Waals surface area contributed by atoms with E-state index < -0.39 is 0 Å². The fourth-order valence-electron chi connectivity index (χ4n) is 4.34. The molecule has 0 aliphatic carbocycles. The van der Waals surface area contributed by atoms with Crippen molar-refractivity contribution in [3.8, 4) is 28.3 Å². The first-order valence-corrected chi connectivity index (χ1v) is 9.78. The van der Waals surface area contributed by atoms with Crippen LogP contribution in [-0.2, 0) is 0 Å². The number of nitriles is 1. The Morgan fingerprint density at radius 3 is 1.76 bits per heavy atom. The summed E-state index contributed by atoms with van der Waals surface area (Å²) < 4.78 is 0. The summed E-state index contributed by atoms with van der Waals surface area (Å²) in [7, 11) is 0. The highest BCUT2D eigenvalue weighted by molar-refractivity contribution is 6.15. The molecule has 29 heavy (non-hydrogen) atoms. The zero-order valence-corrected chi connectivity index (χ0v) is 16.2. The smallest absolute Gasteiger partial charge is 0.0998 e. The van der Waals surface area contributed by atoms with Crippen molar-refractivity contribution in [1.82, 2.24) is 0 Å². The van der Waals surface area contributed by atoms with Gasteiger partial charge in [-0.3, -0.25) is 0 Å². The molecule has 1 nitrogen and oxygen atoms in total. The Kier molecular flexibility index (Phi) is 4.12. The van der Waals surface area contributed by atoms with E-state index in [2.05, 4.69) is 85.8 Å². The van der Waals surface area contributed by atoms with Gasteiger partial charge >= 0.3 is 0 Å². The molecule has 5 aromatic carbocycles. The molecule has 0 amide bonds. The van der Waals surface area contributed by atoms with Gasteiger partial charge in [0.15, 0.2) is 0 Å². The second-order valence-corrected chi connectivity index (χ2v) is 7.33. The molecular weight excluding hydrogens is 350 g/mol. The predicted octanol–water partition coefficient (Wildman–Crippen LogP) is 7.51. The van der Waals surface area contributed by atoms with E-state index in [-0.39, 0.29) is 0 Å². The highest BCUT2D eigenvalue weighted by Crippen LogP contribution is 2.39. The van der Waals surface area contributed by atoms with Gasteiger partial charge in [-0.25, -0.2) is 0 Å². The molecule has 0 unspecified atom stereocenters. The van der Waals surface area contributed by atoms with E-state index in [0.717, 1.165) is 11.1 Å². The molecule has 0 aliphatic rings. The lowest BCUT2D eigenvalue weighted by Gasteiger charge is -2.16. The minimum Gasteiger partial charge on any atom is -0.192 e. The molecule has 0 fully saturated rings. The van der Waals surface area contributed by atoms with Crippen LogP contribution in [0.4, 0.5) is 0 Å². The molecule has 1 heteroatoms. The predicted molar refractivity (Wildman–Crippen MR) is 122 cm³/mol. The van der Waals surface area contributed by atoms with E-state index in [1.54, 1.807) is 0 Å². The molecule has 0 heterocycles. The molecular formula is C28H19N. The van der Waals surface area contributed by atoms with Crippen molar-refractivity contribution >= 4 is 21.5 Å². The Bertz CT molecular complexity index is 1400. The second kappa shape index (κ2) is 6.93. The van der Waals surface area contributed by atoms with Crippen molar-refractivity contribution < 1.29 is 0 Å². The van der Waals surface area contributed by atoms with Crippen LogP contribution in [0.25, 0.3) is 43.8 Å². The van der Waals surface area contributed by atoms with Crippen LogP contribution in [0, 0.1) is 18.3 Å². The lowest BCUT2D eigenvalue weighted by molar-refractivity contribution is 1.47. The van der Waals surface area contributed by atoms with E-state index in [0.29, 0.717) is 5.56 Å². The van der Waals surface area contributed by atoms with Gasteiger partial charge in [0, 0.05) is 0 Å². The molecule has 0 saturated heterocycles. The summed E-state index contributed by atoms with van der Waals surface area (Å²) in [6.45, 7) is 2.21. The average Bonchev–Trinajstić information content (AvgIpc) is 2.80. The number of rotatable bonds is 2. The third-order valence-corrected chi connectivity index (χ3v) is 5.72. The molecule has 5 aromatic rings. The molecule has 0 radical (unpaired) electrons. The molecule has 0 aliphatic heterocycles. The van der Waals surface area contributed by atoms with Gasteiger partial charge in [0.05, 0.1) is 11.6 Å². The van der Waals surface area contributed by atoms with Gasteiger partial charge in [-0.2, -0.15) is 5.26 Å². The van der Waals surface area contributed by atoms with Crippen LogP contribution in [0.1, 0.15) is 11.1 Å². The van der Waals surface area contributed by atoms with Gasteiger partial charge in [0.2, 0.25) is 0 Å². The Morgan fingerprint density at radius 1 is 0.552 bits per heavy atom. The van der Waals surface area contributed by atoms with E-state index in [9.17, 15) is 5.26 Å². The van der Waals surface area contributed by atoms with Crippen molar-refractivity contribution in [2.45, 2.75) is 6.92 Å². The molecule has 136 valence electrons. The summed E-state index contributed by atoms with van der Waals surface area (Å²) in [4.78, 5) is 0. The number of aryl methyl sites for hydroxylation is 1. The van der Waals surface area contributed by atoms with Crippen molar-refractivity contribution in [2.24, 2.45) is 0 Å². The topological polar surface area (TPSA) is 23.8 Å². The molecule has 0 spiro atoms. The third-order valence-electron chi connectivity index (χ3n) is 5.72. The summed E-state index contributed by atoms with van der Waals surface area (Å²) in [5, 5.41) is 14.6. The third kappa shape index (κ3) is 2.78. The van der Waals surface area contributed by atoms with Gasteiger partial charge in [0.1, 0.15) is 0 Å². The minimum atomic E-state index is 0.701. The summed E-state index contributed by atoms with van der Waals surface area (Å²) in [5.74, 6) is 0. The van der Waals surface area contributed by atoms with Crippen LogP contribution in [0.15, 0.2) is 97.1 Å². The van der Waals surface area contributed by atoms with Gasteiger partial charge < -0.3 is 0 Å². The summed E-state index contributed by atoms with van der Waals surface area (Å²) in [6.07, 6.45) is 0. The first-order valence-electron chi connectivity index (χ1n) is 9.78. The fraction of sp³-hybridized carbons (Fsp3) is 0.0357. The van der Waals surface area contributed by atoms with Crippen LogP contribution < -0.4 is 0 Å². The van der Waals surface area contributed by atoms with E-state index in [4.69, 9.17) is 0 Å². The lowest BCUT2D eigenvalue weighted by Crippen LogP contribution is -1.90. The monoisotopic (exact) mass is 369 g/mol. The van der Waals surface area contributed by atoms with Gasteiger partial charge in [0.25, 0.3) is 0 Å². The highest BCUT2D eigenvalue weighted by atomic mass is 14.2. The lowest BCUT2D eigenvalue weighted by atomic mass is 9.88. The second-order valence-electron chi connectivity index (χ2n) is 7.33. The average molecular weight is 369 g/mol. The van der Waals surface area contributed by atoms with Crippen molar-refractivity contribution in [3.05, 3.63) is 108 Å². The Balaban J connectivity index is 1.74. The zero-order valence-electron chi connectivity index (χ0n) is 16.2. The normalized spacial score (nSPS) is 10.9. The van der Waals surface area contributed by atoms with Crippen LogP contribution in [0.5, 0.6) is 0 Å². The highest BCUT2D eigenvalue weighted by Gasteiger charge is 2.13. The largest absolute Gasteiger partial charge is 0.192 e. The van der Waals surface area contributed by atoms with E-state index in [1.165, 1.54) is 38.2 Å². The minimum absolute atomic E-state index is 0.701. The number of fused-ring (bicyclic) bond motifs is 3. The Hall–Kier alpha value is -3.89. The first kappa shape index (κ1) is 17.2. The van der Waals surface area contributed by atoms with Crippen molar-refractivity contribution in [3.63, 3.8) is 0 Å². The number of hydrogen-bond donors (Lipinski definition) is 0. The maximum atomic E-state index is 9.42. The quantitative estimate of drug-likeness (QED) is 0.295. The zero-order chi connectivity index (χ0) is 19.8. The van der Waals surface area contributed by atoms with Crippen molar-refractivity contribution in [1.29, 1.82) is 5.26 Å². The number of nitrogens with zero attached hydrogens (tertiary/aromatic N) is 1. The molecule has 5 rings (SSSR count). The maximum Gasteiger partial charge on any atom is 0.0998 e. The first-order chi connectivity index (χ1) is 14.3. The molecule has 0 N–H and O–H groups in total. The Morgan fingerprint density at radius 2 is 1.07 bits per heavy atom. The van der Waals surface area contributed by atoms with Gasteiger partial charge in [-0.15, -0.1) is 0 Å². The molecule has 0 bridgehead atoms.